The highest BCUT2D eigenvalue weighted by Gasteiger charge is 2.17. The van der Waals surface area contributed by atoms with Crippen molar-refractivity contribution in [1.29, 1.82) is 0 Å². The van der Waals surface area contributed by atoms with Crippen molar-refractivity contribution in [2.75, 3.05) is 7.11 Å². The van der Waals surface area contributed by atoms with Gasteiger partial charge in [-0.3, -0.25) is 9.78 Å². The van der Waals surface area contributed by atoms with Gasteiger partial charge in [0.15, 0.2) is 0 Å². The van der Waals surface area contributed by atoms with Crippen LogP contribution in [0.1, 0.15) is 0 Å². The molecule has 0 radical (unpaired) electrons. The summed E-state index contributed by atoms with van der Waals surface area (Å²) < 4.78 is 7.69. The van der Waals surface area contributed by atoms with Gasteiger partial charge in [-0.05, 0) is 35.7 Å². The molecule has 0 aliphatic heterocycles. The van der Waals surface area contributed by atoms with Gasteiger partial charge in [0, 0.05) is 27.0 Å². The van der Waals surface area contributed by atoms with E-state index in [2.05, 4.69) is 9.97 Å². The average Bonchev–Trinajstić information content (AvgIpc) is 3.36. The molecule has 1 aromatic carbocycles. The Labute approximate surface area is 176 Å². The lowest BCUT2D eigenvalue weighted by Crippen LogP contribution is -2.33. The van der Waals surface area contributed by atoms with Crippen molar-refractivity contribution < 1.29 is 4.74 Å². The number of benzene rings is 1. The number of aromatic amines is 1. The van der Waals surface area contributed by atoms with Crippen LogP contribution in [0.3, 0.4) is 0 Å². The first-order valence-electron chi connectivity index (χ1n) is 8.51. The zero-order valence-corrected chi connectivity index (χ0v) is 17.3. The number of nitrogens with one attached hydrogen (secondary N) is 1. The summed E-state index contributed by atoms with van der Waals surface area (Å²) in [6, 6.07) is 8.98. The fraction of sp³-hybridized carbons (Fsp3) is 0.0500. The predicted molar refractivity (Wildman–Crippen MR) is 118 cm³/mol. The lowest BCUT2D eigenvalue weighted by Gasteiger charge is -2.05. The maximum absolute atomic E-state index is 13.2. The highest BCUT2D eigenvalue weighted by molar-refractivity contribution is 7.22. The molecule has 0 unspecified atom stereocenters. The fourth-order valence-corrected chi connectivity index (χ4v) is 5.44. The number of H-pyrrole nitrogens is 1. The zero-order chi connectivity index (χ0) is 20.1. The molecule has 6 nitrogen and oxygen atoms in total. The van der Waals surface area contributed by atoms with Crippen molar-refractivity contribution in [3.8, 4) is 21.9 Å². The minimum absolute atomic E-state index is 0.387. The number of hydrogen-bond donors (Lipinski definition) is 1. The number of halogens is 1. The second-order valence-electron chi connectivity index (χ2n) is 6.27. The number of hydrogen-bond acceptors (Lipinski definition) is 6. The van der Waals surface area contributed by atoms with Crippen LogP contribution in [0.5, 0.6) is 5.75 Å². The third kappa shape index (κ3) is 2.88. The van der Waals surface area contributed by atoms with Crippen molar-refractivity contribution in [3.05, 3.63) is 74.0 Å². The van der Waals surface area contributed by atoms with E-state index in [4.69, 9.17) is 16.3 Å². The van der Waals surface area contributed by atoms with Crippen molar-refractivity contribution in [1.82, 2.24) is 14.5 Å². The molecule has 0 saturated heterocycles. The van der Waals surface area contributed by atoms with Crippen LogP contribution in [0, 0.1) is 0 Å². The number of nitrogens with zero attached hydrogens (tertiary/aromatic N) is 2. The predicted octanol–water partition coefficient (Wildman–Crippen LogP) is 4.68. The summed E-state index contributed by atoms with van der Waals surface area (Å²) in [6.07, 6.45) is 3.25. The molecule has 0 aliphatic rings. The van der Waals surface area contributed by atoms with Gasteiger partial charge in [-0.1, -0.05) is 11.6 Å². The molecule has 0 atom stereocenters. The molecular weight excluding hydrogens is 430 g/mol. The Morgan fingerprint density at radius 2 is 2.00 bits per heavy atom. The van der Waals surface area contributed by atoms with Gasteiger partial charge in [-0.2, -0.15) is 0 Å². The minimum atomic E-state index is -0.508. The lowest BCUT2D eigenvalue weighted by molar-refractivity contribution is 0.415. The van der Waals surface area contributed by atoms with Crippen LogP contribution in [-0.2, 0) is 0 Å². The molecule has 0 spiro atoms. The van der Waals surface area contributed by atoms with E-state index in [0.717, 1.165) is 25.1 Å². The van der Waals surface area contributed by atoms with E-state index in [1.807, 2.05) is 11.4 Å². The number of fused-ring (bicyclic) bond motifs is 2. The Balaban J connectivity index is 1.77. The van der Waals surface area contributed by atoms with Gasteiger partial charge in [-0.15, -0.1) is 22.7 Å². The first-order chi connectivity index (χ1) is 14.1. The average molecular weight is 442 g/mol. The molecule has 5 aromatic rings. The number of aromatic nitrogens is 3. The van der Waals surface area contributed by atoms with Gasteiger partial charge < -0.3 is 9.72 Å². The Bertz CT molecular complexity index is 1510. The van der Waals surface area contributed by atoms with E-state index in [1.54, 1.807) is 37.6 Å². The molecule has 4 aromatic heterocycles. The van der Waals surface area contributed by atoms with Crippen molar-refractivity contribution in [2.45, 2.75) is 0 Å². The Kier molecular flexibility index (Phi) is 4.27. The largest absolute Gasteiger partial charge is 0.497 e. The van der Waals surface area contributed by atoms with Crippen LogP contribution in [0.4, 0.5) is 0 Å². The third-order valence-corrected chi connectivity index (χ3v) is 7.03. The number of rotatable bonds is 3. The Hall–Kier alpha value is -2.94. The summed E-state index contributed by atoms with van der Waals surface area (Å²) in [6.45, 7) is 0. The van der Waals surface area contributed by atoms with Crippen LogP contribution >= 0.6 is 34.3 Å². The molecule has 0 fully saturated rings. The van der Waals surface area contributed by atoms with E-state index in [1.165, 1.54) is 28.9 Å². The molecule has 4 heterocycles. The van der Waals surface area contributed by atoms with Gasteiger partial charge in [0.1, 0.15) is 10.4 Å². The normalized spacial score (nSPS) is 11.4. The van der Waals surface area contributed by atoms with Crippen LogP contribution in [0.25, 0.3) is 36.4 Å². The van der Waals surface area contributed by atoms with Crippen molar-refractivity contribution in [2.24, 2.45) is 0 Å². The molecule has 29 heavy (non-hydrogen) atoms. The first kappa shape index (κ1) is 18.1. The summed E-state index contributed by atoms with van der Waals surface area (Å²) in [4.78, 5) is 33.8. The zero-order valence-electron chi connectivity index (χ0n) is 14.9. The molecule has 144 valence electrons. The monoisotopic (exact) mass is 441 g/mol. The highest BCUT2D eigenvalue weighted by Crippen LogP contribution is 2.37. The summed E-state index contributed by atoms with van der Waals surface area (Å²) in [5, 5.41) is 3.32. The third-order valence-electron chi connectivity index (χ3n) is 4.59. The van der Waals surface area contributed by atoms with Gasteiger partial charge >= 0.3 is 5.69 Å². The van der Waals surface area contributed by atoms with E-state index < -0.39 is 5.69 Å². The second-order valence-corrected chi connectivity index (χ2v) is 8.64. The SMILES string of the molecule is COc1ccc(Cl)c(-c2cc3[nH]c(=O)n(-c4cncc5ccsc45)c(=O)c3s2)c1. The van der Waals surface area contributed by atoms with Crippen LogP contribution < -0.4 is 16.0 Å². The Morgan fingerprint density at radius 3 is 2.83 bits per heavy atom. The van der Waals surface area contributed by atoms with E-state index in [0.29, 0.717) is 26.7 Å². The molecule has 0 amide bonds. The lowest BCUT2D eigenvalue weighted by atomic mass is 10.2. The highest BCUT2D eigenvalue weighted by atomic mass is 35.5. The van der Waals surface area contributed by atoms with E-state index >= 15 is 0 Å². The van der Waals surface area contributed by atoms with Gasteiger partial charge in [0.25, 0.3) is 5.56 Å². The molecule has 0 saturated carbocycles. The van der Waals surface area contributed by atoms with Crippen molar-refractivity contribution >= 4 is 54.6 Å². The smallest absolute Gasteiger partial charge is 0.333 e. The summed E-state index contributed by atoms with van der Waals surface area (Å²) in [7, 11) is 1.58. The number of thiophene rings is 2. The number of pyridine rings is 1. The molecule has 0 aliphatic carbocycles. The van der Waals surface area contributed by atoms with Gasteiger partial charge in [-0.25, -0.2) is 9.36 Å². The first-order valence-corrected chi connectivity index (χ1v) is 10.6. The topological polar surface area (TPSA) is 77.0 Å². The van der Waals surface area contributed by atoms with E-state index in [9.17, 15) is 9.59 Å². The van der Waals surface area contributed by atoms with E-state index in [-0.39, 0.29) is 5.56 Å². The molecule has 5 rings (SSSR count). The molecule has 1 N–H and O–H groups in total. The van der Waals surface area contributed by atoms with Crippen molar-refractivity contribution in [3.63, 3.8) is 0 Å². The second kappa shape index (κ2) is 6.84. The maximum Gasteiger partial charge on any atom is 0.333 e. The fourth-order valence-electron chi connectivity index (χ4n) is 3.21. The standard InChI is InChI=1S/C20H12ClN3O3S2/c1-27-11-2-3-13(21)12(6-11)16-7-14-18(29-16)19(25)24(20(26)23-14)15-9-22-8-10-4-5-28-17(10)15/h2-9H,1H3,(H,23,26). The Morgan fingerprint density at radius 1 is 1.14 bits per heavy atom. The van der Waals surface area contributed by atoms with Crippen LogP contribution in [0.15, 0.2) is 57.7 Å². The number of ether oxygens (including phenoxy) is 1. The summed E-state index contributed by atoms with van der Waals surface area (Å²) in [5.74, 6) is 0.656. The van der Waals surface area contributed by atoms with Gasteiger partial charge in [0.2, 0.25) is 0 Å². The summed E-state index contributed by atoms with van der Waals surface area (Å²) >= 11 is 9.09. The molecular formula is C20H12ClN3O3S2. The van der Waals surface area contributed by atoms with Crippen LogP contribution in [-0.4, -0.2) is 21.6 Å². The van der Waals surface area contributed by atoms with Crippen LogP contribution in [0.2, 0.25) is 5.02 Å². The quantitative estimate of drug-likeness (QED) is 0.441. The summed E-state index contributed by atoms with van der Waals surface area (Å²) in [5.41, 5.74) is 0.788. The molecule has 0 bridgehead atoms. The van der Waals surface area contributed by atoms with Gasteiger partial charge in [0.05, 0.1) is 29.2 Å². The number of methoxy groups -OCH3 is 1. The minimum Gasteiger partial charge on any atom is -0.497 e. The molecule has 9 heteroatoms. The maximum atomic E-state index is 13.2.